The second kappa shape index (κ2) is 13.6. The van der Waals surface area contributed by atoms with Crippen LogP contribution in [0.1, 0.15) is 39.0 Å². The normalized spacial score (nSPS) is 20.9. The Hall–Kier alpha value is -1.85. The molecule has 1 saturated heterocycles. The van der Waals surface area contributed by atoms with Gasteiger partial charge in [-0.2, -0.15) is 0 Å². The number of carbonyl (C=O) groups excluding carboxylic acids is 1. The predicted octanol–water partition coefficient (Wildman–Crippen LogP) is 2.79. The third-order valence-electron chi connectivity index (χ3n) is 5.68. The van der Waals surface area contributed by atoms with Crippen molar-refractivity contribution in [2.24, 2.45) is 11.3 Å². The van der Waals surface area contributed by atoms with Gasteiger partial charge in [-0.25, -0.2) is 9.88 Å². The molecule has 4 atom stereocenters. The van der Waals surface area contributed by atoms with E-state index in [4.69, 9.17) is 13.8 Å². The minimum Gasteiger partial charge on any atom is -0.395 e. The Morgan fingerprint density at radius 3 is 2.72 bits per heavy atom. The summed E-state index contributed by atoms with van der Waals surface area (Å²) >= 11 is 1.13. The van der Waals surface area contributed by atoms with Crippen molar-refractivity contribution in [1.82, 2.24) is 14.6 Å². The summed E-state index contributed by atoms with van der Waals surface area (Å²) in [6, 6.07) is 11.2. The molecule has 1 aromatic carbocycles. The molecule has 10 nitrogen and oxygen atoms in total. The molecule has 1 aliphatic heterocycles. The van der Waals surface area contributed by atoms with Gasteiger partial charge in [0.1, 0.15) is 6.23 Å². The van der Waals surface area contributed by atoms with Crippen molar-refractivity contribution in [1.29, 1.82) is 0 Å². The summed E-state index contributed by atoms with van der Waals surface area (Å²) in [5.74, 6) is 0.481. The fourth-order valence-electron chi connectivity index (χ4n) is 3.54. The van der Waals surface area contributed by atoms with E-state index in [0.29, 0.717) is 25.3 Å². The quantitative estimate of drug-likeness (QED) is 0.260. The molecule has 0 bridgehead atoms. The standard InChI is InChI=1S/C24H34N3O7PS/c1-17-13-19(34-21(17)27-10-9-20(29)26-23(27)31)15-33-35(25-14-18-7-5-4-6-8-18)32-11-12-36-22(30)24(2,3)16-28/h4-10,17,19,21,25,28H,11-16H2,1-3H3,(H,26,29,31). The fourth-order valence-corrected chi connectivity index (χ4v) is 5.60. The van der Waals surface area contributed by atoms with Crippen molar-refractivity contribution in [2.75, 3.05) is 25.6 Å². The van der Waals surface area contributed by atoms with Gasteiger partial charge in [0.05, 0.1) is 31.3 Å². The fraction of sp³-hybridized carbons (Fsp3) is 0.542. The molecular formula is C24H34N3O7PS. The Morgan fingerprint density at radius 2 is 2.03 bits per heavy atom. The molecule has 0 aliphatic carbocycles. The van der Waals surface area contributed by atoms with Gasteiger partial charge in [-0.15, -0.1) is 0 Å². The van der Waals surface area contributed by atoms with Gasteiger partial charge in [0.25, 0.3) is 14.1 Å². The van der Waals surface area contributed by atoms with Gasteiger partial charge in [-0.05, 0) is 25.8 Å². The number of nitrogens with zero attached hydrogens (tertiary/aromatic N) is 1. The molecule has 2 heterocycles. The van der Waals surface area contributed by atoms with Crippen LogP contribution in [0.2, 0.25) is 0 Å². The monoisotopic (exact) mass is 539 g/mol. The number of nitrogens with one attached hydrogen (secondary N) is 2. The van der Waals surface area contributed by atoms with Gasteiger partial charge in [0.15, 0.2) is 5.12 Å². The van der Waals surface area contributed by atoms with Crippen LogP contribution < -0.4 is 16.3 Å². The highest BCUT2D eigenvalue weighted by atomic mass is 32.2. The van der Waals surface area contributed by atoms with E-state index in [2.05, 4.69) is 10.1 Å². The second-order valence-electron chi connectivity index (χ2n) is 9.26. The second-order valence-corrected chi connectivity index (χ2v) is 11.7. The number of aromatic nitrogens is 2. The Bertz CT molecular complexity index is 1090. The molecule has 198 valence electrons. The summed E-state index contributed by atoms with van der Waals surface area (Å²) in [6.45, 7) is 6.29. The first-order chi connectivity index (χ1) is 17.2. The first-order valence-electron chi connectivity index (χ1n) is 11.8. The number of aromatic amines is 1. The van der Waals surface area contributed by atoms with Crippen LogP contribution in [0.25, 0.3) is 0 Å². The number of hydrogen-bond donors (Lipinski definition) is 3. The molecule has 1 aliphatic rings. The van der Waals surface area contributed by atoms with E-state index >= 15 is 0 Å². The minimum atomic E-state index is -1.48. The van der Waals surface area contributed by atoms with E-state index in [-0.39, 0.29) is 30.4 Å². The first-order valence-corrected chi connectivity index (χ1v) is 13.9. The number of aliphatic hydroxyl groups is 1. The molecule has 12 heteroatoms. The van der Waals surface area contributed by atoms with Crippen LogP contribution in [0.15, 0.2) is 52.2 Å². The van der Waals surface area contributed by atoms with Crippen molar-refractivity contribution >= 4 is 25.4 Å². The summed E-state index contributed by atoms with van der Waals surface area (Å²) in [5, 5.41) is 12.6. The van der Waals surface area contributed by atoms with Gasteiger partial charge >= 0.3 is 5.69 Å². The zero-order chi connectivity index (χ0) is 26.1. The summed E-state index contributed by atoms with van der Waals surface area (Å²) in [7, 11) is -1.48. The van der Waals surface area contributed by atoms with E-state index in [0.717, 1.165) is 17.3 Å². The lowest BCUT2D eigenvalue weighted by Gasteiger charge is -2.22. The highest BCUT2D eigenvalue weighted by molar-refractivity contribution is 8.13. The summed E-state index contributed by atoms with van der Waals surface area (Å²) in [6.07, 6.45) is 1.38. The summed E-state index contributed by atoms with van der Waals surface area (Å²) in [4.78, 5) is 38.0. The van der Waals surface area contributed by atoms with Gasteiger partial charge in [-0.1, -0.05) is 49.0 Å². The van der Waals surface area contributed by atoms with Crippen LogP contribution in [0, 0.1) is 11.3 Å². The summed E-state index contributed by atoms with van der Waals surface area (Å²) < 4.78 is 19.4. The minimum absolute atomic E-state index is 0.0453. The van der Waals surface area contributed by atoms with Crippen LogP contribution in [0.5, 0.6) is 0 Å². The van der Waals surface area contributed by atoms with Crippen molar-refractivity contribution < 1.29 is 23.7 Å². The maximum atomic E-state index is 12.2. The maximum Gasteiger partial charge on any atom is 0.330 e. The van der Waals surface area contributed by atoms with Gasteiger partial charge in [0.2, 0.25) is 0 Å². The van der Waals surface area contributed by atoms with Crippen LogP contribution >= 0.6 is 20.3 Å². The zero-order valence-electron chi connectivity index (χ0n) is 20.7. The average Bonchev–Trinajstić information content (AvgIpc) is 3.23. The number of hydrogen-bond acceptors (Lipinski definition) is 9. The van der Waals surface area contributed by atoms with Crippen LogP contribution in [-0.2, 0) is 25.1 Å². The predicted molar refractivity (Wildman–Crippen MR) is 139 cm³/mol. The lowest BCUT2D eigenvalue weighted by atomic mass is 9.97. The van der Waals surface area contributed by atoms with Gasteiger partial charge in [-0.3, -0.25) is 19.1 Å². The summed E-state index contributed by atoms with van der Waals surface area (Å²) in [5.41, 5.74) is -0.672. The highest BCUT2D eigenvalue weighted by Gasteiger charge is 2.35. The van der Waals surface area contributed by atoms with Gasteiger partial charge in [0, 0.05) is 30.5 Å². The smallest absolute Gasteiger partial charge is 0.330 e. The highest BCUT2D eigenvalue weighted by Crippen LogP contribution is 2.38. The first kappa shape index (κ1) is 28.7. The van der Waals surface area contributed by atoms with Crippen LogP contribution in [0.3, 0.4) is 0 Å². The number of thioether (sulfide) groups is 1. The van der Waals surface area contributed by atoms with E-state index in [1.54, 1.807) is 13.8 Å². The topological polar surface area (TPSA) is 132 Å². The number of rotatable bonds is 13. The lowest BCUT2D eigenvalue weighted by Crippen LogP contribution is -2.33. The van der Waals surface area contributed by atoms with Crippen molar-refractivity contribution in [3.63, 3.8) is 0 Å². The van der Waals surface area contributed by atoms with Crippen molar-refractivity contribution in [3.8, 4) is 0 Å². The molecule has 0 amide bonds. The molecule has 4 unspecified atom stereocenters. The Kier molecular flexibility index (Phi) is 10.9. The van der Waals surface area contributed by atoms with Crippen LogP contribution in [-0.4, -0.2) is 51.5 Å². The molecule has 3 rings (SSSR count). The van der Waals surface area contributed by atoms with E-state index in [1.807, 2.05) is 37.3 Å². The van der Waals surface area contributed by atoms with Crippen LogP contribution in [0.4, 0.5) is 0 Å². The van der Waals surface area contributed by atoms with E-state index in [1.165, 1.54) is 16.8 Å². The number of carbonyl (C=O) groups is 1. The Labute approximate surface area is 215 Å². The molecule has 1 fully saturated rings. The largest absolute Gasteiger partial charge is 0.395 e. The Balaban J connectivity index is 1.54. The van der Waals surface area contributed by atoms with E-state index < -0.39 is 31.4 Å². The third kappa shape index (κ3) is 8.34. The zero-order valence-corrected chi connectivity index (χ0v) is 22.4. The SMILES string of the molecule is CC1CC(COP(NCc2ccccc2)OCCSC(=O)C(C)(C)CO)OC1n1ccc(=O)[nH]c1=O. The number of H-pyrrole nitrogens is 1. The van der Waals surface area contributed by atoms with Gasteiger partial charge < -0.3 is 18.9 Å². The Morgan fingerprint density at radius 1 is 1.28 bits per heavy atom. The molecule has 36 heavy (non-hydrogen) atoms. The number of aliphatic hydroxyl groups excluding tert-OH is 1. The molecule has 1 aromatic heterocycles. The number of ether oxygens (including phenoxy) is 1. The maximum absolute atomic E-state index is 12.2. The molecule has 2 aromatic rings. The van der Waals surface area contributed by atoms with E-state index in [9.17, 15) is 19.5 Å². The third-order valence-corrected chi connectivity index (χ3v) is 8.09. The number of benzene rings is 1. The molecule has 3 N–H and O–H groups in total. The van der Waals surface area contributed by atoms with Crippen molar-refractivity contribution in [2.45, 2.75) is 46.1 Å². The molecule has 0 saturated carbocycles. The van der Waals surface area contributed by atoms with Crippen molar-refractivity contribution in [3.05, 3.63) is 69.0 Å². The average molecular weight is 540 g/mol. The molecule has 0 radical (unpaired) electrons. The molecule has 0 spiro atoms. The molecular weight excluding hydrogens is 505 g/mol. The lowest BCUT2D eigenvalue weighted by molar-refractivity contribution is -0.119.